The van der Waals surface area contributed by atoms with E-state index < -0.39 is 0 Å². The standard InChI is InChI=1S/C12H13NO3/c1-8-3-4-11(16-2)10(5-8)13-7-9(14)6-12(13)15/h3-5H,6-7H2,1-2H3. The number of anilines is 1. The lowest BCUT2D eigenvalue weighted by Crippen LogP contribution is -2.25. The van der Waals surface area contributed by atoms with E-state index >= 15 is 0 Å². The summed E-state index contributed by atoms with van der Waals surface area (Å²) >= 11 is 0. The largest absolute Gasteiger partial charge is 0.495 e. The maximum atomic E-state index is 11.6. The summed E-state index contributed by atoms with van der Waals surface area (Å²) in [5.41, 5.74) is 1.71. The molecule has 16 heavy (non-hydrogen) atoms. The van der Waals surface area contributed by atoms with Crippen molar-refractivity contribution in [3.05, 3.63) is 23.8 Å². The summed E-state index contributed by atoms with van der Waals surface area (Å²) in [6.07, 6.45) is -0.00288. The van der Waals surface area contributed by atoms with Crippen molar-refractivity contribution in [3.8, 4) is 5.75 Å². The molecule has 0 atom stereocenters. The normalized spacial score (nSPS) is 15.8. The van der Waals surface area contributed by atoms with Gasteiger partial charge < -0.3 is 9.64 Å². The Morgan fingerprint density at radius 3 is 2.62 bits per heavy atom. The number of aryl methyl sites for hydroxylation is 1. The van der Waals surface area contributed by atoms with Crippen molar-refractivity contribution < 1.29 is 14.3 Å². The lowest BCUT2D eigenvalue weighted by Gasteiger charge is -2.18. The van der Waals surface area contributed by atoms with Gasteiger partial charge >= 0.3 is 0 Å². The van der Waals surface area contributed by atoms with Gasteiger partial charge in [-0.25, -0.2) is 0 Å². The number of benzene rings is 1. The molecule has 0 aromatic heterocycles. The first-order valence-corrected chi connectivity index (χ1v) is 5.08. The van der Waals surface area contributed by atoms with Crippen LogP contribution in [-0.4, -0.2) is 25.3 Å². The second-order valence-corrected chi connectivity index (χ2v) is 3.87. The van der Waals surface area contributed by atoms with E-state index in [1.54, 1.807) is 13.2 Å². The van der Waals surface area contributed by atoms with Crippen LogP contribution in [0, 0.1) is 6.92 Å². The number of Topliss-reactive ketones (excluding diaryl/α,β-unsaturated/α-hetero) is 1. The van der Waals surface area contributed by atoms with E-state index in [4.69, 9.17) is 4.74 Å². The molecule has 0 saturated carbocycles. The van der Waals surface area contributed by atoms with Crippen LogP contribution < -0.4 is 9.64 Å². The number of nitrogens with zero attached hydrogens (tertiary/aromatic N) is 1. The molecule has 2 rings (SSSR count). The van der Waals surface area contributed by atoms with Gasteiger partial charge in [-0.05, 0) is 24.6 Å². The summed E-state index contributed by atoms with van der Waals surface area (Å²) in [6.45, 7) is 2.09. The fourth-order valence-corrected chi connectivity index (χ4v) is 1.82. The van der Waals surface area contributed by atoms with E-state index in [0.29, 0.717) is 11.4 Å². The van der Waals surface area contributed by atoms with Gasteiger partial charge in [0.05, 0.1) is 25.8 Å². The fraction of sp³-hybridized carbons (Fsp3) is 0.333. The van der Waals surface area contributed by atoms with Gasteiger partial charge in [0.1, 0.15) is 5.75 Å². The summed E-state index contributed by atoms with van der Waals surface area (Å²) in [5.74, 6) is 0.413. The molecule has 1 aromatic carbocycles. The molecule has 4 heteroatoms. The van der Waals surface area contributed by atoms with E-state index in [-0.39, 0.29) is 24.7 Å². The number of ether oxygens (including phenoxy) is 1. The Bertz CT molecular complexity index is 454. The maximum Gasteiger partial charge on any atom is 0.235 e. The molecule has 1 aliphatic heterocycles. The Kier molecular flexibility index (Phi) is 2.64. The van der Waals surface area contributed by atoms with Gasteiger partial charge in [0.2, 0.25) is 5.91 Å². The molecule has 84 valence electrons. The zero-order chi connectivity index (χ0) is 11.7. The van der Waals surface area contributed by atoms with E-state index in [9.17, 15) is 9.59 Å². The van der Waals surface area contributed by atoms with Crippen molar-refractivity contribution in [3.63, 3.8) is 0 Å². The third-order valence-corrected chi connectivity index (χ3v) is 2.61. The first kappa shape index (κ1) is 10.7. The van der Waals surface area contributed by atoms with Crippen LogP contribution in [0.25, 0.3) is 0 Å². The van der Waals surface area contributed by atoms with Crippen molar-refractivity contribution in [2.45, 2.75) is 13.3 Å². The average Bonchev–Trinajstić information content (AvgIpc) is 2.57. The van der Waals surface area contributed by atoms with Crippen LogP contribution in [0.15, 0.2) is 18.2 Å². The molecule has 0 unspecified atom stereocenters. The van der Waals surface area contributed by atoms with Crippen molar-refractivity contribution >= 4 is 17.4 Å². The smallest absolute Gasteiger partial charge is 0.235 e. The quantitative estimate of drug-likeness (QED) is 0.704. The first-order valence-electron chi connectivity index (χ1n) is 5.08. The molecule has 1 heterocycles. The second-order valence-electron chi connectivity index (χ2n) is 3.87. The fourth-order valence-electron chi connectivity index (χ4n) is 1.82. The molecule has 0 radical (unpaired) electrons. The summed E-state index contributed by atoms with van der Waals surface area (Å²) in [6, 6.07) is 5.57. The minimum absolute atomic E-state index is 0.00288. The number of amides is 1. The molecular formula is C12H13NO3. The molecule has 0 aliphatic carbocycles. The number of rotatable bonds is 2. The summed E-state index contributed by atoms with van der Waals surface area (Å²) in [7, 11) is 1.55. The highest BCUT2D eigenvalue weighted by Crippen LogP contribution is 2.31. The van der Waals surface area contributed by atoms with Crippen LogP contribution in [0.1, 0.15) is 12.0 Å². The van der Waals surface area contributed by atoms with Crippen molar-refractivity contribution in [2.75, 3.05) is 18.6 Å². The topological polar surface area (TPSA) is 46.6 Å². The van der Waals surface area contributed by atoms with Crippen LogP contribution in [0.5, 0.6) is 5.75 Å². The van der Waals surface area contributed by atoms with Crippen LogP contribution >= 0.6 is 0 Å². The van der Waals surface area contributed by atoms with Gasteiger partial charge in [-0.3, -0.25) is 9.59 Å². The SMILES string of the molecule is COc1ccc(C)cc1N1CC(=O)CC1=O. The molecule has 0 N–H and O–H groups in total. The predicted octanol–water partition coefficient (Wildman–Crippen LogP) is 1.31. The third kappa shape index (κ3) is 1.78. The highest BCUT2D eigenvalue weighted by molar-refractivity contribution is 6.15. The van der Waals surface area contributed by atoms with Crippen LogP contribution in [0.2, 0.25) is 0 Å². The zero-order valence-electron chi connectivity index (χ0n) is 9.32. The van der Waals surface area contributed by atoms with Crippen molar-refractivity contribution in [1.82, 2.24) is 0 Å². The first-order chi connectivity index (χ1) is 7.61. The van der Waals surface area contributed by atoms with Gasteiger partial charge in [0.25, 0.3) is 0 Å². The van der Waals surface area contributed by atoms with Crippen LogP contribution in [0.4, 0.5) is 5.69 Å². The number of hydrogen-bond donors (Lipinski definition) is 0. The zero-order valence-corrected chi connectivity index (χ0v) is 9.32. The van der Waals surface area contributed by atoms with E-state index in [1.165, 1.54) is 4.90 Å². The molecule has 1 fully saturated rings. The van der Waals surface area contributed by atoms with Crippen LogP contribution in [0.3, 0.4) is 0 Å². The van der Waals surface area contributed by atoms with Gasteiger partial charge in [-0.15, -0.1) is 0 Å². The minimum atomic E-state index is -0.158. The molecule has 1 saturated heterocycles. The maximum absolute atomic E-state index is 11.6. The monoisotopic (exact) mass is 219 g/mol. The number of hydrogen-bond acceptors (Lipinski definition) is 3. The molecule has 0 bridgehead atoms. The summed E-state index contributed by atoms with van der Waals surface area (Å²) in [4.78, 5) is 24.3. The average molecular weight is 219 g/mol. The van der Waals surface area contributed by atoms with E-state index in [2.05, 4.69) is 0 Å². The molecular weight excluding hydrogens is 206 g/mol. The molecule has 1 aliphatic rings. The third-order valence-electron chi connectivity index (χ3n) is 2.61. The molecule has 1 amide bonds. The second kappa shape index (κ2) is 3.96. The molecule has 4 nitrogen and oxygen atoms in total. The lowest BCUT2D eigenvalue weighted by molar-refractivity contribution is -0.121. The Hall–Kier alpha value is -1.84. The van der Waals surface area contributed by atoms with Crippen molar-refractivity contribution in [1.29, 1.82) is 0 Å². The lowest BCUT2D eigenvalue weighted by atomic mass is 10.2. The number of methoxy groups -OCH3 is 1. The summed E-state index contributed by atoms with van der Waals surface area (Å²) in [5, 5.41) is 0. The van der Waals surface area contributed by atoms with Gasteiger partial charge in [0.15, 0.2) is 5.78 Å². The Labute approximate surface area is 93.8 Å². The van der Waals surface area contributed by atoms with Crippen molar-refractivity contribution in [2.24, 2.45) is 0 Å². The highest BCUT2D eigenvalue weighted by atomic mass is 16.5. The van der Waals surface area contributed by atoms with E-state index in [1.807, 2.05) is 19.1 Å². The Morgan fingerprint density at radius 2 is 2.06 bits per heavy atom. The molecule has 1 aromatic rings. The molecule has 0 spiro atoms. The predicted molar refractivity (Wildman–Crippen MR) is 59.7 cm³/mol. The van der Waals surface area contributed by atoms with Gasteiger partial charge in [-0.2, -0.15) is 0 Å². The highest BCUT2D eigenvalue weighted by Gasteiger charge is 2.30. The number of carbonyl (C=O) groups excluding carboxylic acids is 2. The number of carbonyl (C=O) groups is 2. The van der Waals surface area contributed by atoms with Gasteiger partial charge in [0, 0.05) is 0 Å². The Balaban J connectivity index is 2.42. The minimum Gasteiger partial charge on any atom is -0.495 e. The van der Waals surface area contributed by atoms with Crippen LogP contribution in [-0.2, 0) is 9.59 Å². The number of ketones is 1. The summed E-state index contributed by atoms with van der Waals surface area (Å²) < 4.78 is 5.19. The van der Waals surface area contributed by atoms with Gasteiger partial charge in [-0.1, -0.05) is 6.07 Å². The Morgan fingerprint density at radius 1 is 1.31 bits per heavy atom. The van der Waals surface area contributed by atoms with E-state index in [0.717, 1.165) is 5.56 Å².